The molecule has 6 nitrogen and oxygen atoms in total. The van der Waals surface area contributed by atoms with E-state index >= 15 is 0 Å². The van der Waals surface area contributed by atoms with Crippen LogP contribution in [0.2, 0.25) is 0 Å². The molecule has 1 N–H and O–H groups in total. The van der Waals surface area contributed by atoms with Gasteiger partial charge in [0.05, 0.1) is 13.2 Å². The van der Waals surface area contributed by atoms with Crippen molar-refractivity contribution in [1.29, 1.82) is 0 Å². The average molecular weight is 415 g/mol. The van der Waals surface area contributed by atoms with Crippen LogP contribution in [0.3, 0.4) is 0 Å². The number of ether oxygens (including phenoxy) is 1. The van der Waals surface area contributed by atoms with Crippen molar-refractivity contribution in [3.63, 3.8) is 0 Å². The fourth-order valence-electron chi connectivity index (χ4n) is 4.07. The van der Waals surface area contributed by atoms with Crippen molar-refractivity contribution in [2.24, 2.45) is 0 Å². The fraction of sp³-hybridized carbons (Fsp3) is 0.240. The van der Waals surface area contributed by atoms with Crippen molar-refractivity contribution >= 4 is 11.8 Å². The zero-order chi connectivity index (χ0) is 21.7. The van der Waals surface area contributed by atoms with Crippen molar-refractivity contribution in [1.82, 2.24) is 15.2 Å². The first-order valence-electron chi connectivity index (χ1n) is 10.3. The Labute approximate surface area is 181 Å². The highest BCUT2D eigenvalue weighted by atomic mass is 16.5. The summed E-state index contributed by atoms with van der Waals surface area (Å²) in [4.78, 5) is 31.9. The van der Waals surface area contributed by atoms with Crippen LogP contribution in [0.4, 0.5) is 0 Å². The molecule has 1 aromatic heterocycles. The van der Waals surface area contributed by atoms with Crippen LogP contribution >= 0.6 is 0 Å². The highest BCUT2D eigenvalue weighted by Crippen LogP contribution is 2.30. The van der Waals surface area contributed by atoms with Crippen LogP contribution in [-0.2, 0) is 16.0 Å². The number of nitrogens with zero attached hydrogens (tertiary/aromatic N) is 2. The number of morpholine rings is 1. The third-order valence-electron chi connectivity index (χ3n) is 5.62. The van der Waals surface area contributed by atoms with Crippen LogP contribution in [0.15, 0.2) is 79.1 Å². The largest absolute Gasteiger partial charge is 0.361 e. The molecule has 1 atom stereocenters. The van der Waals surface area contributed by atoms with Crippen molar-refractivity contribution < 1.29 is 14.3 Å². The van der Waals surface area contributed by atoms with Gasteiger partial charge in [0.2, 0.25) is 0 Å². The van der Waals surface area contributed by atoms with Gasteiger partial charge < -0.3 is 15.0 Å². The molecule has 1 fully saturated rings. The summed E-state index contributed by atoms with van der Waals surface area (Å²) in [6.45, 7) is 0.924. The molecule has 2 aromatic carbocycles. The van der Waals surface area contributed by atoms with E-state index in [1.165, 1.54) is 0 Å². The Hall–Kier alpha value is -3.51. The molecule has 6 heteroatoms. The number of amides is 2. The zero-order valence-electron chi connectivity index (χ0n) is 17.5. The summed E-state index contributed by atoms with van der Waals surface area (Å²) in [5.74, 6) is -0.331. The van der Waals surface area contributed by atoms with E-state index in [1.807, 2.05) is 54.6 Å². The number of benzene rings is 2. The third kappa shape index (κ3) is 4.34. The Morgan fingerprint density at radius 1 is 1.03 bits per heavy atom. The van der Waals surface area contributed by atoms with Gasteiger partial charge in [0.15, 0.2) is 5.60 Å². The molecule has 1 aliphatic rings. The molecule has 0 bridgehead atoms. The lowest BCUT2D eigenvalue weighted by atomic mass is 9.87. The van der Waals surface area contributed by atoms with Crippen molar-refractivity contribution in [3.8, 4) is 11.1 Å². The third-order valence-corrected chi connectivity index (χ3v) is 5.62. The first-order valence-corrected chi connectivity index (χ1v) is 10.3. The first kappa shape index (κ1) is 20.8. The molecule has 0 spiro atoms. The Morgan fingerprint density at radius 3 is 2.48 bits per heavy atom. The highest BCUT2D eigenvalue weighted by molar-refractivity contribution is 5.95. The van der Waals surface area contributed by atoms with Gasteiger partial charge in [-0.2, -0.15) is 0 Å². The van der Waals surface area contributed by atoms with Crippen LogP contribution in [0.25, 0.3) is 11.1 Å². The van der Waals surface area contributed by atoms with Crippen molar-refractivity contribution in [3.05, 3.63) is 90.3 Å². The van der Waals surface area contributed by atoms with Crippen LogP contribution in [0, 0.1) is 0 Å². The summed E-state index contributed by atoms with van der Waals surface area (Å²) < 4.78 is 6.11. The van der Waals surface area contributed by atoms with E-state index in [1.54, 1.807) is 36.5 Å². The number of carbonyl (C=O) groups is 2. The molecule has 1 aliphatic heterocycles. The lowest BCUT2D eigenvalue weighted by Gasteiger charge is -2.41. The van der Waals surface area contributed by atoms with Gasteiger partial charge in [-0.25, -0.2) is 0 Å². The molecule has 158 valence electrons. The molecule has 2 heterocycles. The maximum Gasteiger partial charge on any atom is 0.254 e. The number of hydrogen-bond donors (Lipinski definition) is 1. The summed E-state index contributed by atoms with van der Waals surface area (Å²) in [7, 11) is 1.60. The molecule has 2 amide bonds. The normalized spacial score (nSPS) is 18.4. The average Bonchev–Trinajstić information content (AvgIpc) is 2.84. The second kappa shape index (κ2) is 9.10. The monoisotopic (exact) mass is 415 g/mol. The Morgan fingerprint density at radius 2 is 1.74 bits per heavy atom. The molecule has 3 aromatic rings. The summed E-state index contributed by atoms with van der Waals surface area (Å²) in [5, 5.41) is 2.74. The van der Waals surface area contributed by atoms with Gasteiger partial charge in [-0.05, 0) is 41.0 Å². The molecular formula is C25H25N3O3. The number of rotatable bonds is 5. The predicted octanol–water partition coefficient (Wildman–Crippen LogP) is 2.95. The van der Waals surface area contributed by atoms with Gasteiger partial charge in [0, 0.05) is 38.0 Å². The minimum atomic E-state index is -1.17. The van der Waals surface area contributed by atoms with Crippen LogP contribution in [0.5, 0.6) is 0 Å². The molecule has 4 rings (SSSR count). The van der Waals surface area contributed by atoms with E-state index in [2.05, 4.69) is 10.3 Å². The van der Waals surface area contributed by atoms with Gasteiger partial charge in [0.1, 0.15) is 0 Å². The van der Waals surface area contributed by atoms with Gasteiger partial charge in [-0.1, -0.05) is 42.5 Å². The van der Waals surface area contributed by atoms with Crippen LogP contribution in [0.1, 0.15) is 15.9 Å². The minimum absolute atomic E-state index is 0.0976. The second-order valence-electron chi connectivity index (χ2n) is 7.58. The zero-order valence-corrected chi connectivity index (χ0v) is 17.5. The lowest BCUT2D eigenvalue weighted by Crippen LogP contribution is -2.61. The van der Waals surface area contributed by atoms with E-state index in [0.29, 0.717) is 25.1 Å². The van der Waals surface area contributed by atoms with E-state index < -0.39 is 5.60 Å². The number of hydrogen-bond acceptors (Lipinski definition) is 4. The summed E-state index contributed by atoms with van der Waals surface area (Å²) in [5.41, 5.74) is 2.45. The minimum Gasteiger partial charge on any atom is -0.361 e. The molecule has 0 unspecified atom stereocenters. The van der Waals surface area contributed by atoms with E-state index in [4.69, 9.17) is 4.74 Å². The fourth-order valence-corrected chi connectivity index (χ4v) is 4.07. The number of pyridine rings is 1. The smallest absolute Gasteiger partial charge is 0.254 e. The lowest BCUT2D eigenvalue weighted by molar-refractivity contribution is -0.156. The van der Waals surface area contributed by atoms with Gasteiger partial charge in [0.25, 0.3) is 11.8 Å². The standard InChI is InChI=1S/C25H25N3O3/c1-26-24(30)25(17-21-9-5-6-10-22(21)19-11-13-27-14-12-19)18-28(15-16-31-25)23(29)20-7-3-2-4-8-20/h2-14H,15-18H2,1H3,(H,26,30)/t25-/m0/s1. The van der Waals surface area contributed by atoms with Crippen LogP contribution < -0.4 is 5.32 Å². The summed E-state index contributed by atoms with van der Waals surface area (Å²) in [6, 6.07) is 21.0. The molecule has 0 radical (unpaired) electrons. The quantitative estimate of drug-likeness (QED) is 0.696. The van der Waals surface area contributed by atoms with E-state index in [9.17, 15) is 9.59 Å². The van der Waals surface area contributed by atoms with Crippen molar-refractivity contribution in [2.75, 3.05) is 26.7 Å². The number of aromatic nitrogens is 1. The SMILES string of the molecule is CNC(=O)[C@]1(Cc2ccccc2-c2ccncc2)CN(C(=O)c2ccccc2)CCO1. The molecular weight excluding hydrogens is 390 g/mol. The number of nitrogens with one attached hydrogen (secondary N) is 1. The highest BCUT2D eigenvalue weighted by Gasteiger charge is 2.45. The van der Waals surface area contributed by atoms with E-state index in [-0.39, 0.29) is 18.4 Å². The van der Waals surface area contributed by atoms with E-state index in [0.717, 1.165) is 16.7 Å². The molecule has 0 saturated carbocycles. The molecule has 1 saturated heterocycles. The van der Waals surface area contributed by atoms with Gasteiger partial charge >= 0.3 is 0 Å². The first-order chi connectivity index (χ1) is 15.1. The van der Waals surface area contributed by atoms with Gasteiger partial charge in [-0.3, -0.25) is 14.6 Å². The summed E-state index contributed by atoms with van der Waals surface area (Å²) >= 11 is 0. The number of carbonyl (C=O) groups excluding carboxylic acids is 2. The van der Waals surface area contributed by atoms with Crippen LogP contribution in [-0.4, -0.2) is 54.0 Å². The molecule has 0 aliphatic carbocycles. The van der Waals surface area contributed by atoms with Gasteiger partial charge in [-0.15, -0.1) is 0 Å². The number of likely N-dealkylation sites (N-methyl/N-ethyl adjacent to an activating group) is 1. The summed E-state index contributed by atoms with van der Waals surface area (Å²) in [6.07, 6.45) is 3.85. The van der Waals surface area contributed by atoms with Crippen molar-refractivity contribution in [2.45, 2.75) is 12.0 Å². The Kier molecular flexibility index (Phi) is 6.09. The maximum absolute atomic E-state index is 13.1. The Bertz CT molecular complexity index is 1060. The molecule has 31 heavy (non-hydrogen) atoms. The topological polar surface area (TPSA) is 71.5 Å². The Balaban J connectivity index is 1.67. The maximum atomic E-state index is 13.1. The predicted molar refractivity (Wildman–Crippen MR) is 118 cm³/mol. The second-order valence-corrected chi connectivity index (χ2v) is 7.58.